The number of anilines is 3. The fraction of sp³-hybridized carbons (Fsp3) is 0.231. The van der Waals surface area contributed by atoms with Crippen molar-refractivity contribution in [2.75, 3.05) is 17.2 Å². The van der Waals surface area contributed by atoms with Gasteiger partial charge in [0.05, 0.1) is 34.8 Å². The Morgan fingerprint density at radius 3 is 2.61 bits per heavy atom. The molecule has 0 aliphatic heterocycles. The summed E-state index contributed by atoms with van der Waals surface area (Å²) in [6.45, 7) is 5.63. The zero-order valence-electron chi connectivity index (χ0n) is 20.2. The molecule has 5 rings (SSSR count). The van der Waals surface area contributed by atoms with Crippen molar-refractivity contribution < 1.29 is 9.52 Å². The number of nitrogens with one attached hydrogen (secondary N) is 3. The highest BCUT2D eigenvalue weighted by molar-refractivity contribution is 5.84. The number of aliphatic hydroxyl groups is 1. The first-order chi connectivity index (χ1) is 17.4. The average Bonchev–Trinajstić information content (AvgIpc) is 3.46. The van der Waals surface area contributed by atoms with Crippen molar-refractivity contribution in [3.63, 3.8) is 0 Å². The Morgan fingerprint density at radius 1 is 1.11 bits per heavy atom. The molecule has 0 aliphatic carbocycles. The first-order valence-corrected chi connectivity index (χ1v) is 11.7. The molecule has 0 bridgehead atoms. The van der Waals surface area contributed by atoms with E-state index in [0.29, 0.717) is 34.2 Å². The second-order valence-corrected chi connectivity index (χ2v) is 8.79. The van der Waals surface area contributed by atoms with Crippen LogP contribution in [0.1, 0.15) is 37.4 Å². The maximum Gasteiger partial charge on any atom is 0.271 e. The third-order valence-corrected chi connectivity index (χ3v) is 5.89. The number of aliphatic hydroxyl groups excluding tert-OH is 1. The number of aryl methyl sites for hydroxylation is 1. The fourth-order valence-electron chi connectivity index (χ4n) is 4.11. The second kappa shape index (κ2) is 9.67. The van der Waals surface area contributed by atoms with E-state index >= 15 is 0 Å². The van der Waals surface area contributed by atoms with Gasteiger partial charge in [-0.3, -0.25) is 14.6 Å². The lowest BCUT2D eigenvalue weighted by Crippen LogP contribution is -2.15. The molecule has 0 saturated carbocycles. The number of nitrogens with zero attached hydrogens (tertiary/aromatic N) is 4. The number of rotatable bonds is 8. The summed E-state index contributed by atoms with van der Waals surface area (Å²) in [4.78, 5) is 16.8. The van der Waals surface area contributed by atoms with Crippen LogP contribution in [0.4, 0.5) is 17.2 Å². The molecule has 3 heterocycles. The van der Waals surface area contributed by atoms with Crippen LogP contribution in [0.25, 0.3) is 22.4 Å². The number of pyridine rings is 1. The second-order valence-electron chi connectivity index (χ2n) is 8.79. The van der Waals surface area contributed by atoms with Crippen LogP contribution in [0.3, 0.4) is 0 Å². The first-order valence-electron chi connectivity index (χ1n) is 11.7. The van der Waals surface area contributed by atoms with Crippen LogP contribution in [-0.4, -0.2) is 36.7 Å². The molecule has 0 spiro atoms. The van der Waals surface area contributed by atoms with Gasteiger partial charge in [0.2, 0.25) is 5.89 Å². The monoisotopic (exact) mass is 485 g/mol. The molecular weight excluding hydrogens is 458 g/mol. The number of benzene rings is 2. The molecule has 1 atom stereocenters. The van der Waals surface area contributed by atoms with Gasteiger partial charge in [0.25, 0.3) is 11.4 Å². The van der Waals surface area contributed by atoms with Crippen molar-refractivity contribution in [2.45, 2.75) is 32.9 Å². The summed E-state index contributed by atoms with van der Waals surface area (Å²) in [5, 5.41) is 28.4. The zero-order valence-corrected chi connectivity index (χ0v) is 20.2. The third-order valence-electron chi connectivity index (χ3n) is 5.89. The summed E-state index contributed by atoms with van der Waals surface area (Å²) in [5.41, 5.74) is 3.68. The molecule has 36 heavy (non-hydrogen) atoms. The van der Waals surface area contributed by atoms with E-state index in [1.54, 1.807) is 19.2 Å². The van der Waals surface area contributed by atoms with Gasteiger partial charge in [-0.15, -0.1) is 10.2 Å². The van der Waals surface area contributed by atoms with Gasteiger partial charge in [0.15, 0.2) is 0 Å². The maximum absolute atomic E-state index is 12.3. The summed E-state index contributed by atoms with van der Waals surface area (Å²) >= 11 is 0. The molecule has 10 nitrogen and oxygen atoms in total. The van der Waals surface area contributed by atoms with Crippen molar-refractivity contribution in [2.24, 2.45) is 0 Å². The smallest absolute Gasteiger partial charge is 0.271 e. The highest BCUT2D eigenvalue weighted by atomic mass is 16.4. The summed E-state index contributed by atoms with van der Waals surface area (Å²) < 4.78 is 7.50. The van der Waals surface area contributed by atoms with Crippen molar-refractivity contribution in [3.05, 3.63) is 82.6 Å². The maximum atomic E-state index is 12.3. The van der Waals surface area contributed by atoms with Gasteiger partial charge >= 0.3 is 0 Å². The van der Waals surface area contributed by atoms with Crippen LogP contribution >= 0.6 is 0 Å². The van der Waals surface area contributed by atoms with Gasteiger partial charge in [0, 0.05) is 30.9 Å². The molecule has 0 unspecified atom stereocenters. The SMILES string of the molecule is Cc1nnc(-c2cnc(Nc3ccc4c(=O)[nH]n(C(C)C)c4c3)cc2N[C@H](CO)c2ccccc2)o1. The Bertz CT molecular complexity index is 1550. The van der Waals surface area contributed by atoms with Gasteiger partial charge in [-0.25, -0.2) is 4.98 Å². The highest BCUT2D eigenvalue weighted by Gasteiger charge is 2.18. The van der Waals surface area contributed by atoms with E-state index in [-0.39, 0.29) is 24.2 Å². The van der Waals surface area contributed by atoms with Gasteiger partial charge < -0.3 is 20.2 Å². The Hall–Kier alpha value is -4.44. The zero-order chi connectivity index (χ0) is 25.2. The van der Waals surface area contributed by atoms with E-state index in [0.717, 1.165) is 16.8 Å². The topological polar surface area (TPSA) is 134 Å². The molecule has 4 N–H and O–H groups in total. The number of fused-ring (bicyclic) bond motifs is 1. The molecule has 0 amide bonds. The third kappa shape index (κ3) is 4.58. The Morgan fingerprint density at radius 2 is 1.92 bits per heavy atom. The van der Waals surface area contributed by atoms with Crippen molar-refractivity contribution in [1.82, 2.24) is 25.0 Å². The standard InChI is InChI=1S/C26H27N7O3/c1-15(2)33-23-11-18(9-10-19(23)25(35)32-33)28-24-12-21(20(13-27-24)26-31-30-16(3)36-26)29-22(14-34)17-7-5-4-6-8-17/h4-13,15,22,34H,14H2,1-3H3,(H,32,35)(H2,27,28,29)/t22-/m1/s1. The molecule has 0 radical (unpaired) electrons. The number of hydrogen-bond acceptors (Lipinski definition) is 8. The number of aromatic amines is 1. The molecule has 184 valence electrons. The Balaban J connectivity index is 1.52. The van der Waals surface area contributed by atoms with Crippen LogP contribution in [-0.2, 0) is 0 Å². The number of hydrogen-bond donors (Lipinski definition) is 4. The molecule has 2 aromatic carbocycles. The molecule has 0 saturated heterocycles. The fourth-order valence-corrected chi connectivity index (χ4v) is 4.11. The summed E-state index contributed by atoms with van der Waals surface area (Å²) in [6.07, 6.45) is 1.65. The minimum atomic E-state index is -0.360. The lowest BCUT2D eigenvalue weighted by atomic mass is 10.1. The molecule has 10 heteroatoms. The van der Waals surface area contributed by atoms with Crippen LogP contribution in [0.2, 0.25) is 0 Å². The highest BCUT2D eigenvalue weighted by Crippen LogP contribution is 2.32. The van der Waals surface area contributed by atoms with Crippen molar-refractivity contribution in [1.29, 1.82) is 0 Å². The van der Waals surface area contributed by atoms with Gasteiger partial charge in [-0.2, -0.15) is 0 Å². The normalized spacial score (nSPS) is 12.2. The number of H-pyrrole nitrogens is 1. The Kier molecular flexibility index (Phi) is 6.26. The van der Waals surface area contributed by atoms with E-state index in [9.17, 15) is 9.90 Å². The van der Waals surface area contributed by atoms with E-state index in [1.165, 1.54) is 0 Å². The molecular formula is C26H27N7O3. The average molecular weight is 486 g/mol. The quantitative estimate of drug-likeness (QED) is 0.251. The summed E-state index contributed by atoms with van der Waals surface area (Å²) in [5.74, 6) is 1.33. The van der Waals surface area contributed by atoms with Gasteiger partial charge in [0.1, 0.15) is 5.82 Å². The molecule has 0 aliphatic rings. The van der Waals surface area contributed by atoms with Crippen LogP contribution < -0.4 is 16.2 Å². The lowest BCUT2D eigenvalue weighted by Gasteiger charge is -2.20. The molecule has 0 fully saturated rings. The largest absolute Gasteiger partial charge is 0.421 e. The van der Waals surface area contributed by atoms with E-state index in [1.807, 2.05) is 67.1 Å². The number of aromatic nitrogens is 5. The van der Waals surface area contributed by atoms with Gasteiger partial charge in [-0.05, 0) is 37.6 Å². The van der Waals surface area contributed by atoms with Crippen LogP contribution in [0, 0.1) is 6.92 Å². The van der Waals surface area contributed by atoms with E-state index in [4.69, 9.17) is 4.42 Å². The Labute approximate surface area is 207 Å². The predicted octanol–water partition coefficient (Wildman–Crippen LogP) is 4.55. The first kappa shape index (κ1) is 23.3. The van der Waals surface area contributed by atoms with Crippen LogP contribution in [0.15, 0.2) is 70.0 Å². The molecule has 3 aromatic heterocycles. The van der Waals surface area contributed by atoms with E-state index < -0.39 is 0 Å². The summed E-state index contributed by atoms with van der Waals surface area (Å²) in [7, 11) is 0. The minimum absolute atomic E-state index is 0.102. The van der Waals surface area contributed by atoms with Crippen molar-refractivity contribution >= 4 is 28.1 Å². The minimum Gasteiger partial charge on any atom is -0.421 e. The van der Waals surface area contributed by atoms with Crippen LogP contribution in [0.5, 0.6) is 0 Å². The van der Waals surface area contributed by atoms with Gasteiger partial charge in [-0.1, -0.05) is 30.3 Å². The van der Waals surface area contributed by atoms with E-state index in [2.05, 4.69) is 30.9 Å². The summed E-state index contributed by atoms with van der Waals surface area (Å²) in [6, 6.07) is 16.8. The van der Waals surface area contributed by atoms with Crippen molar-refractivity contribution in [3.8, 4) is 11.5 Å². The molecule has 5 aromatic rings. The lowest BCUT2D eigenvalue weighted by molar-refractivity contribution is 0.276. The predicted molar refractivity (Wildman–Crippen MR) is 138 cm³/mol.